The first-order chi connectivity index (χ1) is 10.0. The maximum atomic E-state index is 6.00. The molecule has 122 valence electrons. The monoisotopic (exact) mass is 296 g/mol. The van der Waals surface area contributed by atoms with Gasteiger partial charge in [0, 0.05) is 49.2 Å². The van der Waals surface area contributed by atoms with Crippen molar-refractivity contribution in [2.24, 2.45) is 11.3 Å². The van der Waals surface area contributed by atoms with Crippen LogP contribution in [0.2, 0.25) is 0 Å². The van der Waals surface area contributed by atoms with Gasteiger partial charge in [0.2, 0.25) is 0 Å². The van der Waals surface area contributed by atoms with Crippen LogP contribution in [-0.2, 0) is 9.47 Å². The number of ether oxygens (including phenoxy) is 2. The van der Waals surface area contributed by atoms with Crippen LogP contribution in [0, 0.1) is 11.3 Å². The highest BCUT2D eigenvalue weighted by Crippen LogP contribution is 2.51. The van der Waals surface area contributed by atoms with Gasteiger partial charge in [-0.1, -0.05) is 13.8 Å². The van der Waals surface area contributed by atoms with Crippen molar-refractivity contribution in [3.05, 3.63) is 0 Å². The Kier molecular flexibility index (Phi) is 4.60. The highest BCUT2D eigenvalue weighted by molar-refractivity contribution is 5.10. The zero-order valence-corrected chi connectivity index (χ0v) is 14.1. The van der Waals surface area contributed by atoms with Crippen molar-refractivity contribution in [2.75, 3.05) is 32.9 Å². The Balaban J connectivity index is 1.52. The van der Waals surface area contributed by atoms with Gasteiger partial charge in [0.05, 0.1) is 19.3 Å². The third-order valence-corrected chi connectivity index (χ3v) is 5.95. The van der Waals surface area contributed by atoms with Crippen LogP contribution in [0.1, 0.15) is 40.5 Å². The lowest BCUT2D eigenvalue weighted by Crippen LogP contribution is -2.70. The molecule has 4 nitrogen and oxygen atoms in total. The molecule has 0 radical (unpaired) electrons. The molecule has 3 aliphatic rings. The second-order valence-corrected chi connectivity index (χ2v) is 7.82. The Bertz CT molecular complexity index is 361. The molecule has 1 aliphatic carbocycles. The molecule has 5 atom stereocenters. The Labute approximate surface area is 129 Å². The van der Waals surface area contributed by atoms with Crippen molar-refractivity contribution in [3.8, 4) is 0 Å². The average molecular weight is 296 g/mol. The van der Waals surface area contributed by atoms with E-state index in [1.807, 2.05) is 0 Å². The van der Waals surface area contributed by atoms with Gasteiger partial charge in [-0.25, -0.2) is 0 Å². The molecular weight excluding hydrogens is 264 g/mol. The molecule has 0 aromatic rings. The molecule has 0 amide bonds. The summed E-state index contributed by atoms with van der Waals surface area (Å²) < 4.78 is 11.5. The maximum Gasteiger partial charge on any atom is 0.0684 e. The topological polar surface area (TPSA) is 33.7 Å². The average Bonchev–Trinajstić information content (AvgIpc) is 2.47. The van der Waals surface area contributed by atoms with E-state index in [9.17, 15) is 0 Å². The molecule has 2 heterocycles. The molecule has 2 saturated heterocycles. The summed E-state index contributed by atoms with van der Waals surface area (Å²) in [4.78, 5) is 2.58. The second-order valence-electron chi connectivity index (χ2n) is 7.82. The smallest absolute Gasteiger partial charge is 0.0684 e. The lowest BCUT2D eigenvalue weighted by atomic mass is 9.55. The molecule has 1 N–H and O–H groups in total. The molecule has 21 heavy (non-hydrogen) atoms. The molecule has 0 aromatic heterocycles. The third-order valence-electron chi connectivity index (χ3n) is 5.95. The van der Waals surface area contributed by atoms with Crippen LogP contribution in [-0.4, -0.2) is 62.0 Å². The Morgan fingerprint density at radius 2 is 2.14 bits per heavy atom. The van der Waals surface area contributed by atoms with Gasteiger partial charge in [0.25, 0.3) is 0 Å². The third kappa shape index (κ3) is 2.88. The predicted octanol–water partition coefficient (Wildman–Crippen LogP) is 1.89. The number of morpholine rings is 1. The van der Waals surface area contributed by atoms with Gasteiger partial charge in [-0.05, 0) is 26.7 Å². The Morgan fingerprint density at radius 3 is 2.90 bits per heavy atom. The second kappa shape index (κ2) is 6.15. The van der Waals surface area contributed by atoms with Crippen LogP contribution >= 0.6 is 0 Å². The van der Waals surface area contributed by atoms with Gasteiger partial charge in [0.1, 0.15) is 0 Å². The molecule has 0 spiro atoms. The van der Waals surface area contributed by atoms with Gasteiger partial charge in [-0.3, -0.25) is 4.90 Å². The first-order valence-corrected chi connectivity index (χ1v) is 8.70. The summed E-state index contributed by atoms with van der Waals surface area (Å²) in [6.07, 6.45) is 3.03. The largest absolute Gasteiger partial charge is 0.379 e. The van der Waals surface area contributed by atoms with Gasteiger partial charge in [-0.15, -0.1) is 0 Å². The molecule has 3 fully saturated rings. The number of nitrogens with zero attached hydrogens (tertiary/aromatic N) is 1. The summed E-state index contributed by atoms with van der Waals surface area (Å²) in [5, 5.41) is 3.86. The van der Waals surface area contributed by atoms with Crippen molar-refractivity contribution in [1.29, 1.82) is 0 Å². The van der Waals surface area contributed by atoms with Gasteiger partial charge in [0.15, 0.2) is 0 Å². The van der Waals surface area contributed by atoms with E-state index in [1.54, 1.807) is 0 Å². The van der Waals surface area contributed by atoms with Crippen LogP contribution in [0.15, 0.2) is 0 Å². The van der Waals surface area contributed by atoms with E-state index in [1.165, 1.54) is 12.8 Å². The van der Waals surface area contributed by atoms with E-state index >= 15 is 0 Å². The van der Waals surface area contributed by atoms with E-state index in [2.05, 4.69) is 37.9 Å². The molecule has 0 aromatic carbocycles. The van der Waals surface area contributed by atoms with Crippen LogP contribution in [0.4, 0.5) is 0 Å². The summed E-state index contributed by atoms with van der Waals surface area (Å²) in [6, 6.07) is 1.72. The van der Waals surface area contributed by atoms with Crippen LogP contribution in [0.3, 0.4) is 0 Å². The van der Waals surface area contributed by atoms with E-state index < -0.39 is 0 Å². The first-order valence-electron chi connectivity index (χ1n) is 8.70. The van der Waals surface area contributed by atoms with Crippen molar-refractivity contribution >= 4 is 0 Å². The van der Waals surface area contributed by atoms with Gasteiger partial charge < -0.3 is 14.8 Å². The van der Waals surface area contributed by atoms with Crippen molar-refractivity contribution < 1.29 is 9.47 Å². The highest BCUT2D eigenvalue weighted by atomic mass is 16.5. The quantitative estimate of drug-likeness (QED) is 0.859. The fraction of sp³-hybridized carbons (Fsp3) is 1.00. The van der Waals surface area contributed by atoms with Gasteiger partial charge >= 0.3 is 0 Å². The Morgan fingerprint density at radius 1 is 1.33 bits per heavy atom. The van der Waals surface area contributed by atoms with Crippen LogP contribution in [0.25, 0.3) is 0 Å². The maximum absolute atomic E-state index is 6.00. The summed E-state index contributed by atoms with van der Waals surface area (Å²) in [5.74, 6) is 0.725. The zero-order valence-electron chi connectivity index (χ0n) is 14.1. The van der Waals surface area contributed by atoms with Crippen molar-refractivity contribution in [1.82, 2.24) is 10.2 Å². The summed E-state index contributed by atoms with van der Waals surface area (Å²) in [7, 11) is 0. The van der Waals surface area contributed by atoms with E-state index in [0.29, 0.717) is 24.2 Å². The molecule has 3 rings (SSSR count). The molecule has 4 heteroatoms. The number of rotatable bonds is 4. The van der Waals surface area contributed by atoms with Gasteiger partial charge in [-0.2, -0.15) is 0 Å². The minimum Gasteiger partial charge on any atom is -0.379 e. The summed E-state index contributed by atoms with van der Waals surface area (Å²) in [6.45, 7) is 14.2. The minimum atomic E-state index is 0.279. The Hall–Kier alpha value is -0.160. The standard InChI is InChI=1S/C17H32N2O2/c1-12(19-7-9-20-11-13(19)2)10-18-15-14-6-5-8-21-16(14)17(15,3)4/h12-16,18H,5-11H2,1-4H3/t12-,13+,14+,15-,16-/m1/s1. The number of hydrogen-bond acceptors (Lipinski definition) is 4. The number of hydrogen-bond donors (Lipinski definition) is 1. The summed E-state index contributed by atoms with van der Waals surface area (Å²) >= 11 is 0. The fourth-order valence-corrected chi connectivity index (χ4v) is 4.75. The van der Waals surface area contributed by atoms with Crippen LogP contribution in [0.5, 0.6) is 0 Å². The van der Waals surface area contributed by atoms with E-state index in [4.69, 9.17) is 9.47 Å². The fourth-order valence-electron chi connectivity index (χ4n) is 4.75. The molecule has 0 unspecified atom stereocenters. The molecule has 0 bridgehead atoms. The van der Waals surface area contributed by atoms with E-state index in [-0.39, 0.29) is 5.41 Å². The molecule has 2 aliphatic heterocycles. The SMILES string of the molecule is C[C@H](CN[C@@H]1[C@@H]2CCCO[C@H]2C1(C)C)N1CCOC[C@@H]1C. The van der Waals surface area contributed by atoms with Crippen LogP contribution < -0.4 is 5.32 Å². The van der Waals surface area contributed by atoms with E-state index in [0.717, 1.165) is 38.8 Å². The number of nitrogens with one attached hydrogen (secondary N) is 1. The summed E-state index contributed by atoms with van der Waals surface area (Å²) in [5.41, 5.74) is 0.279. The first kappa shape index (κ1) is 15.7. The lowest BCUT2D eigenvalue weighted by Gasteiger charge is -2.60. The highest BCUT2D eigenvalue weighted by Gasteiger charge is 2.57. The number of fused-ring (bicyclic) bond motifs is 1. The van der Waals surface area contributed by atoms with Crippen molar-refractivity contribution in [2.45, 2.75) is 64.8 Å². The molecule has 1 saturated carbocycles. The predicted molar refractivity (Wildman–Crippen MR) is 84.5 cm³/mol. The molecular formula is C17H32N2O2. The lowest BCUT2D eigenvalue weighted by molar-refractivity contribution is -0.193. The van der Waals surface area contributed by atoms with Crippen molar-refractivity contribution in [3.63, 3.8) is 0 Å². The zero-order chi connectivity index (χ0) is 15.0. The minimum absolute atomic E-state index is 0.279. The normalized spacial score (nSPS) is 41.1.